The van der Waals surface area contributed by atoms with E-state index < -0.39 is 34.9 Å². The first-order valence-electron chi connectivity index (χ1n) is 5.85. The minimum atomic E-state index is -4.48. The summed E-state index contributed by atoms with van der Waals surface area (Å²) in [5, 5.41) is 17.8. The summed E-state index contributed by atoms with van der Waals surface area (Å²) in [5.74, 6) is -2.99. The molecule has 0 atom stereocenters. The molecule has 5 nitrogen and oxygen atoms in total. The minimum Gasteiger partial charge on any atom is -0.478 e. The minimum absolute atomic E-state index is 0.0659. The lowest BCUT2D eigenvalue weighted by Gasteiger charge is -2.08. The molecule has 0 bridgehead atoms. The van der Waals surface area contributed by atoms with E-state index in [0.717, 1.165) is 30.3 Å². The number of hydrogen-bond acceptors (Lipinski definition) is 3. The number of aromatic carboxylic acids is 2. The Morgan fingerprint density at radius 1 is 0.909 bits per heavy atom. The van der Waals surface area contributed by atoms with Crippen molar-refractivity contribution in [1.82, 2.24) is 4.98 Å². The summed E-state index contributed by atoms with van der Waals surface area (Å²) in [7, 11) is 0. The average Bonchev–Trinajstić information content (AvgIpc) is 2.45. The maximum Gasteiger partial charge on any atom is 0.416 e. The van der Waals surface area contributed by atoms with Crippen LogP contribution in [0.15, 0.2) is 36.4 Å². The second kappa shape index (κ2) is 5.47. The third-order valence-corrected chi connectivity index (χ3v) is 2.84. The molecule has 0 unspecified atom stereocenters. The van der Waals surface area contributed by atoms with Crippen molar-refractivity contribution in [3.8, 4) is 11.3 Å². The number of aromatic nitrogens is 1. The Morgan fingerprint density at radius 2 is 1.50 bits per heavy atom. The van der Waals surface area contributed by atoms with Crippen LogP contribution in [0.5, 0.6) is 0 Å². The number of carbonyl (C=O) groups is 2. The van der Waals surface area contributed by atoms with Crippen LogP contribution in [-0.2, 0) is 6.18 Å². The maximum atomic E-state index is 12.5. The Bertz CT molecular complexity index is 739. The van der Waals surface area contributed by atoms with E-state index in [9.17, 15) is 22.8 Å². The first kappa shape index (κ1) is 15.5. The fraction of sp³-hybridized carbons (Fsp3) is 0.0714. The summed E-state index contributed by atoms with van der Waals surface area (Å²) in [4.78, 5) is 25.6. The standard InChI is InChI=1S/C14H8F3NO4/c15-14(16,17)8-3-1-7(2-4-8)10-6-5-9(12(19)20)11(18-10)13(21)22/h1-6H,(H,19,20)(H,21,22). The van der Waals surface area contributed by atoms with Crippen molar-refractivity contribution < 1.29 is 33.0 Å². The molecular formula is C14H8F3NO4. The van der Waals surface area contributed by atoms with Gasteiger partial charge in [-0.25, -0.2) is 14.6 Å². The van der Waals surface area contributed by atoms with Crippen molar-refractivity contribution in [2.24, 2.45) is 0 Å². The SMILES string of the molecule is O=C(O)c1ccc(-c2ccc(C(F)(F)F)cc2)nc1C(=O)O. The number of carboxylic acids is 2. The van der Waals surface area contributed by atoms with Crippen LogP contribution < -0.4 is 0 Å². The second-order valence-electron chi connectivity index (χ2n) is 4.28. The number of alkyl halides is 3. The molecule has 22 heavy (non-hydrogen) atoms. The smallest absolute Gasteiger partial charge is 0.416 e. The van der Waals surface area contributed by atoms with Crippen LogP contribution in [0.1, 0.15) is 26.4 Å². The lowest BCUT2D eigenvalue weighted by molar-refractivity contribution is -0.137. The first-order chi connectivity index (χ1) is 10.2. The molecule has 0 saturated carbocycles. The Balaban J connectivity index is 2.47. The Labute approximate surface area is 121 Å². The van der Waals surface area contributed by atoms with Gasteiger partial charge in [0.15, 0.2) is 5.69 Å². The Hall–Kier alpha value is -2.90. The Morgan fingerprint density at radius 3 is 1.95 bits per heavy atom. The zero-order valence-corrected chi connectivity index (χ0v) is 10.8. The van der Waals surface area contributed by atoms with Gasteiger partial charge in [0.25, 0.3) is 0 Å². The summed E-state index contributed by atoms with van der Waals surface area (Å²) in [6.07, 6.45) is -4.48. The number of pyridine rings is 1. The molecule has 0 radical (unpaired) electrons. The fourth-order valence-electron chi connectivity index (χ4n) is 1.79. The molecule has 8 heteroatoms. The molecule has 0 spiro atoms. The van der Waals surface area contributed by atoms with Gasteiger partial charge in [-0.3, -0.25) is 0 Å². The van der Waals surface area contributed by atoms with Gasteiger partial charge in [0, 0.05) is 5.56 Å². The summed E-state index contributed by atoms with van der Waals surface area (Å²) in [5.41, 5.74) is -1.71. The molecule has 2 rings (SSSR count). The number of hydrogen-bond donors (Lipinski definition) is 2. The zero-order chi connectivity index (χ0) is 16.5. The van der Waals surface area contributed by atoms with Gasteiger partial charge in [0.05, 0.1) is 16.8 Å². The number of nitrogens with zero attached hydrogens (tertiary/aromatic N) is 1. The molecule has 0 aliphatic carbocycles. The highest BCUT2D eigenvalue weighted by molar-refractivity contribution is 6.00. The molecule has 0 aliphatic heterocycles. The van der Waals surface area contributed by atoms with Crippen molar-refractivity contribution in [2.75, 3.05) is 0 Å². The molecular weight excluding hydrogens is 303 g/mol. The van der Waals surface area contributed by atoms with Crippen LogP contribution in [0.25, 0.3) is 11.3 Å². The largest absolute Gasteiger partial charge is 0.478 e. The van der Waals surface area contributed by atoms with E-state index in [-0.39, 0.29) is 11.3 Å². The van der Waals surface area contributed by atoms with Gasteiger partial charge >= 0.3 is 18.1 Å². The predicted octanol–water partition coefficient (Wildman–Crippen LogP) is 3.16. The molecule has 2 aromatic rings. The van der Waals surface area contributed by atoms with E-state index in [1.165, 1.54) is 6.07 Å². The summed E-state index contributed by atoms with van der Waals surface area (Å²) in [6.45, 7) is 0. The lowest BCUT2D eigenvalue weighted by Crippen LogP contribution is -2.11. The number of rotatable bonds is 3. The van der Waals surface area contributed by atoms with Crippen LogP contribution >= 0.6 is 0 Å². The van der Waals surface area contributed by atoms with Gasteiger partial charge in [-0.2, -0.15) is 13.2 Å². The van der Waals surface area contributed by atoms with E-state index >= 15 is 0 Å². The van der Waals surface area contributed by atoms with Crippen LogP contribution in [0.3, 0.4) is 0 Å². The highest BCUT2D eigenvalue weighted by atomic mass is 19.4. The number of carboxylic acid groups (broad SMARTS) is 2. The molecule has 1 heterocycles. The monoisotopic (exact) mass is 311 g/mol. The van der Waals surface area contributed by atoms with E-state index in [4.69, 9.17) is 10.2 Å². The van der Waals surface area contributed by atoms with Gasteiger partial charge in [-0.1, -0.05) is 12.1 Å². The topological polar surface area (TPSA) is 87.5 Å². The molecule has 114 valence electrons. The van der Waals surface area contributed by atoms with Crippen molar-refractivity contribution >= 4 is 11.9 Å². The van der Waals surface area contributed by atoms with Crippen molar-refractivity contribution in [3.63, 3.8) is 0 Å². The zero-order valence-electron chi connectivity index (χ0n) is 10.8. The predicted molar refractivity (Wildman–Crippen MR) is 68.6 cm³/mol. The van der Waals surface area contributed by atoms with Gasteiger partial charge in [-0.15, -0.1) is 0 Å². The summed E-state index contributed by atoms with van der Waals surface area (Å²) >= 11 is 0. The van der Waals surface area contributed by atoms with Gasteiger partial charge in [0.1, 0.15) is 0 Å². The van der Waals surface area contributed by atoms with Gasteiger partial charge in [0.2, 0.25) is 0 Å². The first-order valence-corrected chi connectivity index (χ1v) is 5.85. The normalized spacial score (nSPS) is 11.2. The highest BCUT2D eigenvalue weighted by Crippen LogP contribution is 2.30. The highest BCUT2D eigenvalue weighted by Gasteiger charge is 2.30. The summed E-state index contributed by atoms with van der Waals surface area (Å²) < 4.78 is 37.4. The van der Waals surface area contributed by atoms with Crippen LogP contribution in [-0.4, -0.2) is 27.1 Å². The fourth-order valence-corrected chi connectivity index (χ4v) is 1.79. The van der Waals surface area contributed by atoms with Crippen LogP contribution in [0.2, 0.25) is 0 Å². The number of benzene rings is 1. The van der Waals surface area contributed by atoms with Gasteiger partial charge in [-0.05, 0) is 24.3 Å². The van der Waals surface area contributed by atoms with Crippen LogP contribution in [0.4, 0.5) is 13.2 Å². The van der Waals surface area contributed by atoms with Crippen molar-refractivity contribution in [3.05, 3.63) is 53.2 Å². The van der Waals surface area contributed by atoms with Crippen LogP contribution in [0, 0.1) is 0 Å². The summed E-state index contributed by atoms with van der Waals surface area (Å²) in [6, 6.07) is 6.23. The van der Waals surface area contributed by atoms with E-state index in [2.05, 4.69) is 4.98 Å². The molecule has 1 aromatic heterocycles. The molecule has 0 aliphatic rings. The van der Waals surface area contributed by atoms with E-state index in [0.29, 0.717) is 0 Å². The number of halogens is 3. The molecule has 0 amide bonds. The van der Waals surface area contributed by atoms with E-state index in [1.807, 2.05) is 0 Å². The third-order valence-electron chi connectivity index (χ3n) is 2.84. The quantitative estimate of drug-likeness (QED) is 0.909. The molecule has 0 saturated heterocycles. The van der Waals surface area contributed by atoms with Crippen molar-refractivity contribution in [2.45, 2.75) is 6.18 Å². The Kier molecular flexibility index (Phi) is 3.85. The molecule has 0 fully saturated rings. The van der Waals surface area contributed by atoms with Crippen molar-refractivity contribution in [1.29, 1.82) is 0 Å². The second-order valence-corrected chi connectivity index (χ2v) is 4.28. The lowest BCUT2D eigenvalue weighted by atomic mass is 10.1. The molecule has 2 N–H and O–H groups in total. The third kappa shape index (κ3) is 3.05. The van der Waals surface area contributed by atoms with Gasteiger partial charge < -0.3 is 10.2 Å². The van der Waals surface area contributed by atoms with E-state index in [1.54, 1.807) is 0 Å². The maximum absolute atomic E-state index is 12.5. The average molecular weight is 311 g/mol. The molecule has 1 aromatic carbocycles.